The van der Waals surface area contributed by atoms with Gasteiger partial charge in [0, 0.05) is 39.3 Å². The molecule has 0 spiro atoms. The summed E-state index contributed by atoms with van der Waals surface area (Å²) in [5.41, 5.74) is 20.0. The fourth-order valence-corrected chi connectivity index (χ4v) is 1.03. The summed E-state index contributed by atoms with van der Waals surface area (Å²) >= 11 is 0. The monoisotopic (exact) mass is 267 g/mol. The van der Waals surface area contributed by atoms with E-state index in [9.17, 15) is 0 Å². The van der Waals surface area contributed by atoms with Crippen molar-refractivity contribution < 1.29 is 15.3 Å². The lowest BCUT2D eigenvalue weighted by Gasteiger charge is -2.20. The lowest BCUT2D eigenvalue weighted by molar-refractivity contribution is 0.0698. The van der Waals surface area contributed by atoms with Crippen LogP contribution in [-0.2, 0) is 0 Å². The molecule has 0 fully saturated rings. The van der Waals surface area contributed by atoms with E-state index in [0.717, 1.165) is 19.6 Å². The van der Waals surface area contributed by atoms with Gasteiger partial charge in [-0.3, -0.25) is 4.90 Å². The molecule has 0 aliphatic carbocycles. The maximum Gasteiger partial charge on any atom is 0.0856 e. The van der Waals surface area contributed by atoms with E-state index in [4.69, 9.17) is 38.3 Å². The second-order valence-corrected chi connectivity index (χ2v) is 4.04. The third-order valence-corrected chi connectivity index (χ3v) is 2.28. The summed E-state index contributed by atoms with van der Waals surface area (Å²) < 4.78 is 0. The van der Waals surface area contributed by atoms with Crippen molar-refractivity contribution in [3.05, 3.63) is 0 Å². The van der Waals surface area contributed by atoms with Gasteiger partial charge < -0.3 is 38.3 Å². The van der Waals surface area contributed by atoms with Crippen molar-refractivity contribution in [3.63, 3.8) is 0 Å². The quantitative estimate of drug-likeness (QED) is 0.221. The molecule has 0 aliphatic rings. The zero-order chi connectivity index (χ0) is 14.4. The van der Waals surface area contributed by atoms with Crippen LogP contribution in [0.1, 0.15) is 0 Å². The first kappa shape index (κ1) is 20.0. The smallest absolute Gasteiger partial charge is 0.0856 e. The van der Waals surface area contributed by atoms with Crippen LogP contribution in [0, 0.1) is 0 Å². The average molecular weight is 267 g/mol. The van der Waals surface area contributed by atoms with Gasteiger partial charge in [-0.2, -0.15) is 0 Å². The number of aliphatic hydroxyl groups excluding tert-OH is 3. The van der Waals surface area contributed by atoms with Crippen LogP contribution < -0.4 is 22.9 Å². The Bertz CT molecular complexity index is 147. The molecule has 0 aromatic rings. The Morgan fingerprint density at radius 3 is 1.11 bits per heavy atom. The van der Waals surface area contributed by atoms with E-state index in [1.165, 1.54) is 0 Å². The van der Waals surface area contributed by atoms with Crippen LogP contribution in [0.5, 0.6) is 0 Å². The molecule has 112 valence electrons. The predicted molar refractivity (Wildman–Crippen MR) is 71.8 cm³/mol. The molecule has 0 amide bonds. The Hall–Kier alpha value is -0.320. The lowest BCUT2D eigenvalue weighted by atomic mass is 10.1. The third kappa shape index (κ3) is 10.8. The molecule has 0 aromatic carbocycles. The molecule has 18 heavy (non-hydrogen) atoms. The van der Waals surface area contributed by atoms with Crippen molar-refractivity contribution in [2.24, 2.45) is 22.9 Å². The minimum Gasteiger partial charge on any atom is -0.394 e. The molecule has 0 radical (unpaired) electrons. The standard InChI is InChI=1S/C6H18N4.C4H11NO3/c7-1-4-10(5-2-8)6-3-9;5-4(1-6,2-7)3-8/h1-9H2;6-8H,1-3,5H2. The van der Waals surface area contributed by atoms with Crippen LogP contribution in [0.3, 0.4) is 0 Å². The summed E-state index contributed by atoms with van der Waals surface area (Å²) in [5.74, 6) is 0. The maximum absolute atomic E-state index is 8.34. The maximum atomic E-state index is 8.34. The Balaban J connectivity index is 0. The molecular formula is C10H29N5O3. The SMILES string of the molecule is NC(CO)(CO)CO.NCCN(CCN)CCN. The molecule has 0 rings (SSSR count). The summed E-state index contributed by atoms with van der Waals surface area (Å²) in [5, 5.41) is 25.0. The first-order chi connectivity index (χ1) is 8.53. The average Bonchev–Trinajstić information content (AvgIpc) is 2.39. The summed E-state index contributed by atoms with van der Waals surface area (Å²) in [4.78, 5) is 2.17. The van der Waals surface area contributed by atoms with Gasteiger partial charge in [0.25, 0.3) is 0 Å². The molecule has 0 aliphatic heterocycles. The van der Waals surface area contributed by atoms with Gasteiger partial charge in [0.15, 0.2) is 0 Å². The van der Waals surface area contributed by atoms with Crippen LogP contribution in [0.2, 0.25) is 0 Å². The summed E-state index contributed by atoms with van der Waals surface area (Å²) in [6, 6.07) is 0. The lowest BCUT2D eigenvalue weighted by Crippen LogP contribution is -2.50. The highest BCUT2D eigenvalue weighted by atomic mass is 16.3. The van der Waals surface area contributed by atoms with Gasteiger partial charge in [0.2, 0.25) is 0 Å². The first-order valence-electron chi connectivity index (χ1n) is 5.97. The highest BCUT2D eigenvalue weighted by Crippen LogP contribution is 1.93. The normalized spacial score (nSPS) is 11.3. The van der Waals surface area contributed by atoms with E-state index >= 15 is 0 Å². The van der Waals surface area contributed by atoms with Gasteiger partial charge in [0.1, 0.15) is 0 Å². The van der Waals surface area contributed by atoms with E-state index in [1.54, 1.807) is 0 Å². The Labute approximate surface area is 109 Å². The van der Waals surface area contributed by atoms with Gasteiger partial charge in [-0.05, 0) is 0 Å². The van der Waals surface area contributed by atoms with E-state index in [2.05, 4.69) is 4.90 Å². The highest BCUT2D eigenvalue weighted by molar-refractivity contribution is 4.80. The predicted octanol–water partition coefficient (Wildman–Crippen LogP) is -4.17. The zero-order valence-corrected chi connectivity index (χ0v) is 11.0. The van der Waals surface area contributed by atoms with Crippen molar-refractivity contribution in [1.82, 2.24) is 4.90 Å². The number of nitrogens with two attached hydrogens (primary N) is 4. The summed E-state index contributed by atoms with van der Waals surface area (Å²) in [6.07, 6.45) is 0. The highest BCUT2D eigenvalue weighted by Gasteiger charge is 2.20. The zero-order valence-electron chi connectivity index (χ0n) is 11.0. The van der Waals surface area contributed by atoms with Crippen LogP contribution in [0.25, 0.3) is 0 Å². The third-order valence-electron chi connectivity index (χ3n) is 2.28. The van der Waals surface area contributed by atoms with Crippen LogP contribution in [-0.4, -0.2) is 84.8 Å². The Morgan fingerprint density at radius 1 is 0.722 bits per heavy atom. The van der Waals surface area contributed by atoms with E-state index < -0.39 is 25.4 Å². The largest absolute Gasteiger partial charge is 0.394 e. The molecular weight excluding hydrogens is 238 g/mol. The minimum atomic E-state index is -1.21. The topological polar surface area (TPSA) is 168 Å². The second kappa shape index (κ2) is 13.1. The van der Waals surface area contributed by atoms with Gasteiger partial charge in [-0.1, -0.05) is 0 Å². The number of hydrogen-bond donors (Lipinski definition) is 7. The van der Waals surface area contributed by atoms with Gasteiger partial charge in [-0.25, -0.2) is 0 Å². The molecule has 0 aromatic heterocycles. The number of rotatable bonds is 9. The summed E-state index contributed by atoms with van der Waals surface area (Å²) in [7, 11) is 0. The van der Waals surface area contributed by atoms with E-state index in [1.807, 2.05) is 0 Å². The van der Waals surface area contributed by atoms with Gasteiger partial charge in [-0.15, -0.1) is 0 Å². The molecule has 8 nitrogen and oxygen atoms in total. The molecule has 0 unspecified atom stereocenters. The van der Waals surface area contributed by atoms with Gasteiger partial charge in [0.05, 0.1) is 25.4 Å². The van der Waals surface area contributed by atoms with Crippen molar-refractivity contribution >= 4 is 0 Å². The van der Waals surface area contributed by atoms with Crippen molar-refractivity contribution in [1.29, 1.82) is 0 Å². The van der Waals surface area contributed by atoms with Crippen LogP contribution >= 0.6 is 0 Å². The molecule has 8 heteroatoms. The molecule has 11 N–H and O–H groups in total. The second-order valence-electron chi connectivity index (χ2n) is 4.04. The fraction of sp³-hybridized carbons (Fsp3) is 1.00. The number of aliphatic hydroxyl groups is 3. The first-order valence-corrected chi connectivity index (χ1v) is 5.97. The number of hydrogen-bond acceptors (Lipinski definition) is 8. The molecule has 0 saturated heterocycles. The Morgan fingerprint density at radius 2 is 1.00 bits per heavy atom. The van der Waals surface area contributed by atoms with Crippen LogP contribution in [0.4, 0.5) is 0 Å². The molecule has 0 bridgehead atoms. The Kier molecular flexibility index (Phi) is 14.6. The van der Waals surface area contributed by atoms with Crippen molar-refractivity contribution in [2.45, 2.75) is 5.54 Å². The van der Waals surface area contributed by atoms with E-state index in [-0.39, 0.29) is 0 Å². The van der Waals surface area contributed by atoms with E-state index in [0.29, 0.717) is 19.6 Å². The van der Waals surface area contributed by atoms with Crippen LogP contribution in [0.15, 0.2) is 0 Å². The van der Waals surface area contributed by atoms with Crippen molar-refractivity contribution in [3.8, 4) is 0 Å². The van der Waals surface area contributed by atoms with Crippen molar-refractivity contribution in [2.75, 3.05) is 59.1 Å². The minimum absolute atomic E-state index is 0.403. The molecule has 0 saturated carbocycles. The van der Waals surface area contributed by atoms with Gasteiger partial charge >= 0.3 is 0 Å². The molecule has 0 heterocycles. The molecule has 0 atom stereocenters. The summed E-state index contributed by atoms with van der Waals surface area (Å²) in [6.45, 7) is 3.53. The number of nitrogens with zero attached hydrogens (tertiary/aromatic N) is 1. The fourth-order valence-electron chi connectivity index (χ4n) is 1.03.